The van der Waals surface area contributed by atoms with Crippen molar-refractivity contribution in [3.05, 3.63) is 35.4 Å². The Hall–Kier alpha value is -1.63. The summed E-state index contributed by atoms with van der Waals surface area (Å²) in [5, 5.41) is 7.10. The molecule has 2 fully saturated rings. The van der Waals surface area contributed by atoms with Gasteiger partial charge < -0.3 is 15.4 Å². The fraction of sp³-hybridized carbons (Fsp3) is 0.708. The van der Waals surface area contributed by atoms with Gasteiger partial charge in [-0.25, -0.2) is 0 Å². The highest BCUT2D eigenvalue weighted by Crippen LogP contribution is 2.19. The van der Waals surface area contributed by atoms with E-state index in [9.17, 15) is 0 Å². The summed E-state index contributed by atoms with van der Waals surface area (Å²) >= 11 is 0. The smallest absolute Gasteiger partial charge is 0.191 e. The first kappa shape index (κ1) is 23.0. The molecule has 168 valence electrons. The highest BCUT2D eigenvalue weighted by atomic mass is 16.5. The third kappa shape index (κ3) is 6.96. The maximum atomic E-state index is 5.49. The summed E-state index contributed by atoms with van der Waals surface area (Å²) in [6.07, 6.45) is 2.49. The maximum absolute atomic E-state index is 5.49. The molecule has 2 N–H and O–H groups in total. The van der Waals surface area contributed by atoms with E-state index in [1.54, 1.807) is 0 Å². The second-order valence-corrected chi connectivity index (χ2v) is 9.42. The van der Waals surface area contributed by atoms with Gasteiger partial charge in [-0.2, -0.15) is 0 Å². The molecule has 1 aromatic rings. The van der Waals surface area contributed by atoms with Crippen molar-refractivity contribution < 1.29 is 4.74 Å². The molecule has 0 saturated carbocycles. The van der Waals surface area contributed by atoms with E-state index in [2.05, 4.69) is 70.5 Å². The zero-order valence-corrected chi connectivity index (χ0v) is 19.4. The lowest BCUT2D eigenvalue weighted by molar-refractivity contribution is -0.00834. The van der Waals surface area contributed by atoms with Crippen LogP contribution >= 0.6 is 0 Å². The van der Waals surface area contributed by atoms with E-state index in [1.165, 1.54) is 37.1 Å². The van der Waals surface area contributed by atoms with Crippen molar-refractivity contribution in [2.75, 3.05) is 59.5 Å². The van der Waals surface area contributed by atoms with Crippen molar-refractivity contribution in [3.63, 3.8) is 0 Å². The Morgan fingerprint density at radius 2 is 1.73 bits per heavy atom. The van der Waals surface area contributed by atoms with Crippen molar-refractivity contribution in [2.24, 2.45) is 10.9 Å². The molecule has 0 unspecified atom stereocenters. The van der Waals surface area contributed by atoms with Gasteiger partial charge in [0.05, 0.1) is 13.2 Å². The van der Waals surface area contributed by atoms with E-state index in [-0.39, 0.29) is 5.54 Å². The Kier molecular flexibility index (Phi) is 8.54. The average Bonchev–Trinajstić information content (AvgIpc) is 2.77. The molecule has 0 bridgehead atoms. The lowest BCUT2D eigenvalue weighted by Crippen LogP contribution is -2.56. The minimum atomic E-state index is 0.0860. The molecule has 1 aromatic carbocycles. The van der Waals surface area contributed by atoms with Crippen molar-refractivity contribution in [1.82, 2.24) is 20.4 Å². The third-order valence-corrected chi connectivity index (χ3v) is 6.57. The van der Waals surface area contributed by atoms with Gasteiger partial charge in [0, 0.05) is 45.3 Å². The second-order valence-electron chi connectivity index (χ2n) is 9.42. The van der Waals surface area contributed by atoms with Gasteiger partial charge in [-0.3, -0.25) is 14.8 Å². The van der Waals surface area contributed by atoms with Crippen molar-refractivity contribution >= 4 is 5.96 Å². The van der Waals surface area contributed by atoms with Crippen molar-refractivity contribution in [1.29, 1.82) is 0 Å². The fourth-order valence-corrected chi connectivity index (χ4v) is 4.34. The predicted molar refractivity (Wildman–Crippen MR) is 125 cm³/mol. The number of likely N-dealkylation sites (tertiary alicyclic amines) is 1. The number of aryl methyl sites for hydroxylation is 1. The number of ether oxygens (including phenoxy) is 1. The van der Waals surface area contributed by atoms with Crippen molar-refractivity contribution in [3.8, 4) is 0 Å². The first-order chi connectivity index (χ1) is 14.5. The Morgan fingerprint density at radius 3 is 2.37 bits per heavy atom. The van der Waals surface area contributed by atoms with Gasteiger partial charge in [-0.05, 0) is 58.2 Å². The third-order valence-electron chi connectivity index (χ3n) is 6.57. The molecular weight excluding hydrogens is 374 g/mol. The number of hydrogen-bond donors (Lipinski definition) is 2. The molecule has 0 aliphatic carbocycles. The molecule has 0 atom stereocenters. The fourth-order valence-electron chi connectivity index (χ4n) is 4.34. The van der Waals surface area contributed by atoms with Crippen LogP contribution in [0, 0.1) is 12.8 Å². The highest BCUT2D eigenvalue weighted by molar-refractivity contribution is 5.79. The molecule has 30 heavy (non-hydrogen) atoms. The molecule has 2 heterocycles. The Bertz CT molecular complexity index is 659. The number of rotatable bonds is 7. The normalized spacial score (nSPS) is 20.3. The number of benzene rings is 1. The topological polar surface area (TPSA) is 52.1 Å². The number of piperidine rings is 1. The zero-order valence-electron chi connectivity index (χ0n) is 19.4. The summed E-state index contributed by atoms with van der Waals surface area (Å²) in [4.78, 5) is 9.52. The predicted octanol–water partition coefficient (Wildman–Crippen LogP) is 2.48. The lowest BCUT2D eigenvalue weighted by atomic mass is 9.96. The summed E-state index contributed by atoms with van der Waals surface area (Å²) in [5.74, 6) is 1.63. The largest absolute Gasteiger partial charge is 0.379 e. The number of morpholine rings is 1. The standard InChI is InChI=1S/C24H41N5O/c1-20-5-7-22(8-6-20)18-28-11-9-21(10-12-28)17-26-23(25-4)27-19-24(2,3)29-13-15-30-16-14-29/h5-8,21H,9-19H2,1-4H3,(H2,25,26,27). The Labute approximate surface area is 183 Å². The van der Waals surface area contributed by atoms with Crippen LogP contribution in [0.1, 0.15) is 37.8 Å². The molecule has 0 amide bonds. The van der Waals surface area contributed by atoms with Gasteiger partial charge in [0.1, 0.15) is 0 Å². The van der Waals surface area contributed by atoms with Crippen LogP contribution in [0.3, 0.4) is 0 Å². The van der Waals surface area contributed by atoms with Gasteiger partial charge in [0.25, 0.3) is 0 Å². The summed E-state index contributed by atoms with van der Waals surface area (Å²) in [6.45, 7) is 15.7. The molecule has 6 nitrogen and oxygen atoms in total. The number of nitrogens with zero attached hydrogens (tertiary/aromatic N) is 3. The average molecular weight is 416 g/mol. The minimum Gasteiger partial charge on any atom is -0.379 e. The van der Waals surface area contributed by atoms with Gasteiger partial charge in [-0.15, -0.1) is 0 Å². The van der Waals surface area contributed by atoms with Gasteiger partial charge >= 0.3 is 0 Å². The molecule has 2 saturated heterocycles. The van der Waals surface area contributed by atoms with Gasteiger partial charge in [-0.1, -0.05) is 29.8 Å². The van der Waals surface area contributed by atoms with E-state index in [1.807, 2.05) is 7.05 Å². The number of aliphatic imine (C=N–C) groups is 1. The molecule has 0 spiro atoms. The minimum absolute atomic E-state index is 0.0860. The summed E-state index contributed by atoms with van der Waals surface area (Å²) in [7, 11) is 1.86. The quantitative estimate of drug-likeness (QED) is 0.529. The van der Waals surface area contributed by atoms with E-state index < -0.39 is 0 Å². The first-order valence-electron chi connectivity index (χ1n) is 11.5. The SMILES string of the molecule is CN=C(NCC1CCN(Cc2ccc(C)cc2)CC1)NCC(C)(C)N1CCOCC1. The van der Waals surface area contributed by atoms with E-state index in [4.69, 9.17) is 4.74 Å². The summed E-state index contributed by atoms with van der Waals surface area (Å²) < 4.78 is 5.49. The number of hydrogen-bond acceptors (Lipinski definition) is 4. The first-order valence-corrected chi connectivity index (χ1v) is 11.5. The molecule has 0 radical (unpaired) electrons. The molecule has 2 aliphatic rings. The van der Waals surface area contributed by atoms with Gasteiger partial charge in [0.15, 0.2) is 5.96 Å². The Balaban J connectivity index is 1.36. The van der Waals surface area contributed by atoms with E-state index >= 15 is 0 Å². The van der Waals surface area contributed by atoms with Crippen LogP contribution in [-0.4, -0.2) is 80.8 Å². The second kappa shape index (κ2) is 11.1. The summed E-state index contributed by atoms with van der Waals surface area (Å²) in [6, 6.07) is 8.95. The number of nitrogens with one attached hydrogen (secondary N) is 2. The molecule has 2 aliphatic heterocycles. The van der Waals surface area contributed by atoms with Crippen LogP contribution in [0.15, 0.2) is 29.3 Å². The molecule has 3 rings (SSSR count). The van der Waals surface area contributed by atoms with E-state index in [0.717, 1.165) is 51.9 Å². The lowest BCUT2D eigenvalue weighted by Gasteiger charge is -2.41. The highest BCUT2D eigenvalue weighted by Gasteiger charge is 2.28. The van der Waals surface area contributed by atoms with Crippen LogP contribution in [0.5, 0.6) is 0 Å². The van der Waals surface area contributed by atoms with E-state index in [0.29, 0.717) is 5.92 Å². The maximum Gasteiger partial charge on any atom is 0.191 e. The summed E-state index contributed by atoms with van der Waals surface area (Å²) in [5.41, 5.74) is 2.84. The van der Waals surface area contributed by atoms with Crippen LogP contribution in [0.4, 0.5) is 0 Å². The van der Waals surface area contributed by atoms with Crippen LogP contribution in [-0.2, 0) is 11.3 Å². The Morgan fingerprint density at radius 1 is 1.07 bits per heavy atom. The zero-order chi connectivity index (χ0) is 21.4. The molecule has 6 heteroatoms. The molecule has 0 aromatic heterocycles. The van der Waals surface area contributed by atoms with Crippen molar-refractivity contribution in [2.45, 2.75) is 45.7 Å². The molecular formula is C24H41N5O. The monoisotopic (exact) mass is 415 g/mol. The van der Waals surface area contributed by atoms with Crippen LogP contribution < -0.4 is 10.6 Å². The van der Waals surface area contributed by atoms with Gasteiger partial charge in [0.2, 0.25) is 0 Å². The number of guanidine groups is 1. The van der Waals surface area contributed by atoms with Crippen LogP contribution in [0.25, 0.3) is 0 Å². The van der Waals surface area contributed by atoms with Crippen LogP contribution in [0.2, 0.25) is 0 Å².